The molecule has 164 valence electrons. The molecule has 0 atom stereocenters. The van der Waals surface area contributed by atoms with Crippen LogP contribution in [0.3, 0.4) is 0 Å². The Morgan fingerprint density at radius 3 is 2.90 bits per heavy atom. The number of fused-ring (bicyclic) bond motifs is 2. The molecule has 0 spiro atoms. The lowest BCUT2D eigenvalue weighted by Gasteiger charge is -2.17. The van der Waals surface area contributed by atoms with Crippen LogP contribution in [-0.2, 0) is 17.8 Å². The summed E-state index contributed by atoms with van der Waals surface area (Å²) in [5.74, 6) is 2.61. The fourth-order valence-corrected chi connectivity index (χ4v) is 3.82. The quantitative estimate of drug-likeness (QED) is 0.423. The van der Waals surface area contributed by atoms with Gasteiger partial charge in [-0.2, -0.15) is 0 Å². The van der Waals surface area contributed by atoms with Crippen LogP contribution in [0, 0.1) is 0 Å². The minimum atomic E-state index is 0.0783. The first-order valence-corrected chi connectivity index (χ1v) is 11.1. The average molecular weight is 423 g/mol. The number of hydrogen-bond donors (Lipinski definition) is 2. The van der Waals surface area contributed by atoms with Gasteiger partial charge in [0.2, 0.25) is 5.91 Å². The molecule has 1 amide bonds. The van der Waals surface area contributed by atoms with Crippen molar-refractivity contribution in [2.45, 2.75) is 45.6 Å². The number of carbonyl (C=O) groups excluding carboxylic acids is 1. The third-order valence-corrected chi connectivity index (χ3v) is 5.40. The molecule has 0 bridgehead atoms. The SMILES string of the molecule is CCOc1cccc2cc(CNCCCCCOc3ccc4c(c3)NC(=O)CC4)oc12. The minimum Gasteiger partial charge on any atom is -0.494 e. The van der Waals surface area contributed by atoms with Crippen LogP contribution >= 0.6 is 0 Å². The van der Waals surface area contributed by atoms with Gasteiger partial charge in [-0.3, -0.25) is 4.79 Å². The molecule has 0 aliphatic carbocycles. The van der Waals surface area contributed by atoms with Crippen LogP contribution in [-0.4, -0.2) is 25.7 Å². The first-order chi connectivity index (χ1) is 15.2. The molecule has 6 nitrogen and oxygen atoms in total. The molecule has 1 aliphatic rings. The average Bonchev–Trinajstić information content (AvgIpc) is 3.19. The van der Waals surface area contributed by atoms with E-state index in [0.717, 1.165) is 66.1 Å². The van der Waals surface area contributed by atoms with Crippen molar-refractivity contribution in [3.05, 3.63) is 53.8 Å². The Bertz CT molecular complexity index is 1030. The number of ether oxygens (including phenoxy) is 2. The van der Waals surface area contributed by atoms with E-state index in [1.165, 1.54) is 5.56 Å². The van der Waals surface area contributed by atoms with Crippen LogP contribution in [0.15, 0.2) is 46.9 Å². The summed E-state index contributed by atoms with van der Waals surface area (Å²) in [7, 11) is 0. The molecule has 0 saturated heterocycles. The van der Waals surface area contributed by atoms with Crippen molar-refractivity contribution < 1.29 is 18.7 Å². The summed E-state index contributed by atoms with van der Waals surface area (Å²) < 4.78 is 17.4. The zero-order valence-corrected chi connectivity index (χ0v) is 18.0. The number of unbranched alkanes of at least 4 members (excludes halogenated alkanes) is 2. The molecular weight excluding hydrogens is 392 g/mol. The molecule has 1 aromatic heterocycles. The summed E-state index contributed by atoms with van der Waals surface area (Å²) in [4.78, 5) is 11.5. The predicted octanol–water partition coefficient (Wildman–Crippen LogP) is 5.06. The van der Waals surface area contributed by atoms with E-state index in [-0.39, 0.29) is 5.91 Å². The van der Waals surface area contributed by atoms with Gasteiger partial charge in [-0.05, 0) is 62.9 Å². The Balaban J connectivity index is 1.12. The lowest BCUT2D eigenvalue weighted by atomic mass is 10.0. The maximum absolute atomic E-state index is 11.5. The molecule has 0 unspecified atom stereocenters. The van der Waals surface area contributed by atoms with Gasteiger partial charge in [-0.1, -0.05) is 18.2 Å². The summed E-state index contributed by atoms with van der Waals surface area (Å²) >= 11 is 0. The zero-order valence-electron chi connectivity index (χ0n) is 18.0. The monoisotopic (exact) mass is 422 g/mol. The number of benzene rings is 2. The second-order valence-corrected chi connectivity index (χ2v) is 7.77. The molecule has 3 aromatic rings. The number of carbonyl (C=O) groups is 1. The minimum absolute atomic E-state index is 0.0783. The van der Waals surface area contributed by atoms with Crippen molar-refractivity contribution in [1.29, 1.82) is 0 Å². The Labute approximate surface area is 182 Å². The highest BCUT2D eigenvalue weighted by atomic mass is 16.5. The van der Waals surface area contributed by atoms with Gasteiger partial charge in [0.15, 0.2) is 11.3 Å². The second-order valence-electron chi connectivity index (χ2n) is 7.77. The van der Waals surface area contributed by atoms with Crippen molar-refractivity contribution in [1.82, 2.24) is 5.32 Å². The topological polar surface area (TPSA) is 72.7 Å². The van der Waals surface area contributed by atoms with E-state index < -0.39 is 0 Å². The highest BCUT2D eigenvalue weighted by Crippen LogP contribution is 2.29. The number of rotatable bonds is 11. The summed E-state index contributed by atoms with van der Waals surface area (Å²) in [6.45, 7) is 4.91. The third kappa shape index (κ3) is 5.58. The van der Waals surface area contributed by atoms with E-state index in [0.29, 0.717) is 26.2 Å². The highest BCUT2D eigenvalue weighted by molar-refractivity contribution is 5.94. The van der Waals surface area contributed by atoms with Gasteiger partial charge in [0.25, 0.3) is 0 Å². The van der Waals surface area contributed by atoms with Crippen LogP contribution in [0.5, 0.6) is 11.5 Å². The van der Waals surface area contributed by atoms with Crippen LogP contribution in [0.1, 0.15) is 43.9 Å². The highest BCUT2D eigenvalue weighted by Gasteiger charge is 2.15. The molecule has 31 heavy (non-hydrogen) atoms. The van der Waals surface area contributed by atoms with E-state index in [9.17, 15) is 4.79 Å². The zero-order chi connectivity index (χ0) is 21.5. The van der Waals surface area contributed by atoms with Crippen LogP contribution in [0.2, 0.25) is 0 Å². The smallest absolute Gasteiger partial charge is 0.224 e. The van der Waals surface area contributed by atoms with Gasteiger partial charge in [0.05, 0.1) is 19.8 Å². The predicted molar refractivity (Wildman–Crippen MR) is 122 cm³/mol. The summed E-state index contributed by atoms with van der Waals surface area (Å²) in [5, 5.41) is 7.43. The Kier molecular flexibility index (Phi) is 7.10. The number of furan rings is 1. The number of amides is 1. The molecular formula is C25H30N2O4. The Morgan fingerprint density at radius 2 is 2.00 bits per heavy atom. The molecule has 2 heterocycles. The van der Waals surface area contributed by atoms with Crippen LogP contribution in [0.25, 0.3) is 11.0 Å². The largest absolute Gasteiger partial charge is 0.494 e. The third-order valence-electron chi connectivity index (χ3n) is 5.40. The lowest BCUT2D eigenvalue weighted by molar-refractivity contribution is -0.116. The second kappa shape index (κ2) is 10.4. The molecule has 0 radical (unpaired) electrons. The number of aryl methyl sites for hydroxylation is 1. The fraction of sp³-hybridized carbons (Fsp3) is 0.400. The van der Waals surface area contributed by atoms with Crippen molar-refractivity contribution in [3.63, 3.8) is 0 Å². The van der Waals surface area contributed by atoms with E-state index >= 15 is 0 Å². The fourth-order valence-electron chi connectivity index (χ4n) is 3.82. The van der Waals surface area contributed by atoms with Gasteiger partial charge >= 0.3 is 0 Å². The van der Waals surface area contributed by atoms with Gasteiger partial charge in [0.1, 0.15) is 11.5 Å². The number of para-hydroxylation sites is 1. The van der Waals surface area contributed by atoms with Crippen molar-refractivity contribution in [3.8, 4) is 11.5 Å². The first kappa shape index (κ1) is 21.2. The number of hydrogen-bond acceptors (Lipinski definition) is 5. The summed E-state index contributed by atoms with van der Waals surface area (Å²) in [5.41, 5.74) is 2.88. The van der Waals surface area contributed by atoms with E-state index in [1.54, 1.807) is 0 Å². The van der Waals surface area contributed by atoms with Crippen molar-refractivity contribution >= 4 is 22.6 Å². The van der Waals surface area contributed by atoms with Crippen molar-refractivity contribution in [2.75, 3.05) is 25.1 Å². The maximum atomic E-state index is 11.5. The molecule has 6 heteroatoms. The molecule has 2 aromatic carbocycles. The normalized spacial score (nSPS) is 13.1. The van der Waals surface area contributed by atoms with Crippen molar-refractivity contribution in [2.24, 2.45) is 0 Å². The van der Waals surface area contributed by atoms with Gasteiger partial charge < -0.3 is 24.5 Å². The standard InChI is InChI=1S/C25H30N2O4/c1-2-29-23-8-6-7-19-15-21(31-25(19)23)17-26-13-4-3-5-14-30-20-11-9-18-10-12-24(28)27-22(18)16-20/h6-9,11,15-16,26H,2-5,10,12-14,17H2,1H3,(H,27,28). The number of anilines is 1. The summed E-state index contributed by atoms with van der Waals surface area (Å²) in [6.07, 6.45) is 4.52. The lowest BCUT2D eigenvalue weighted by Crippen LogP contribution is -2.18. The van der Waals surface area contributed by atoms with E-state index in [2.05, 4.69) is 16.7 Å². The van der Waals surface area contributed by atoms with E-state index in [1.807, 2.05) is 43.3 Å². The molecule has 0 saturated carbocycles. The van der Waals surface area contributed by atoms with E-state index in [4.69, 9.17) is 13.9 Å². The van der Waals surface area contributed by atoms with Gasteiger partial charge in [0, 0.05) is 23.6 Å². The maximum Gasteiger partial charge on any atom is 0.224 e. The van der Waals surface area contributed by atoms with Gasteiger partial charge in [-0.15, -0.1) is 0 Å². The Hall–Kier alpha value is -2.99. The molecule has 1 aliphatic heterocycles. The Morgan fingerprint density at radius 1 is 1.06 bits per heavy atom. The molecule has 0 fully saturated rings. The van der Waals surface area contributed by atoms with Crippen LogP contribution in [0.4, 0.5) is 5.69 Å². The first-order valence-electron chi connectivity index (χ1n) is 11.1. The van der Waals surface area contributed by atoms with Gasteiger partial charge in [-0.25, -0.2) is 0 Å². The molecule has 2 N–H and O–H groups in total. The van der Waals surface area contributed by atoms with Crippen LogP contribution < -0.4 is 20.1 Å². The number of nitrogens with one attached hydrogen (secondary N) is 2. The molecule has 4 rings (SSSR count). The summed E-state index contributed by atoms with van der Waals surface area (Å²) in [6, 6.07) is 14.0.